The molecule has 0 radical (unpaired) electrons. The Bertz CT molecular complexity index is 521. The number of hydrogen-bond donors (Lipinski definition) is 2. The van der Waals surface area contributed by atoms with Crippen molar-refractivity contribution >= 4 is 11.3 Å². The van der Waals surface area contributed by atoms with E-state index in [0.717, 1.165) is 37.2 Å². The summed E-state index contributed by atoms with van der Waals surface area (Å²) >= 11 is 1.81. The lowest BCUT2D eigenvalue weighted by Gasteiger charge is -2.24. The number of nitrogens with one attached hydrogen (secondary N) is 1. The van der Waals surface area contributed by atoms with Crippen molar-refractivity contribution in [2.75, 3.05) is 0 Å². The molecule has 0 unspecified atom stereocenters. The molecule has 0 spiro atoms. The van der Waals surface area contributed by atoms with Crippen LogP contribution in [0.1, 0.15) is 42.3 Å². The lowest BCUT2D eigenvalue weighted by Crippen LogP contribution is -2.26. The Hall–Kier alpha value is -1.13. The van der Waals surface area contributed by atoms with Crippen molar-refractivity contribution in [3.05, 3.63) is 29.0 Å². The average molecular weight is 261 g/mol. The van der Waals surface area contributed by atoms with E-state index >= 15 is 0 Å². The third kappa shape index (κ3) is 2.35. The van der Waals surface area contributed by atoms with E-state index in [-0.39, 0.29) is 0 Å². The third-order valence-corrected chi connectivity index (χ3v) is 4.79. The number of nitrogens with zero attached hydrogens (tertiary/aromatic N) is 1. The molecular weight excluding hydrogens is 242 g/mol. The number of thiophene rings is 1. The van der Waals surface area contributed by atoms with Gasteiger partial charge in [0.15, 0.2) is 0 Å². The highest BCUT2D eigenvalue weighted by atomic mass is 32.1. The average Bonchev–Trinajstić information content (AvgIpc) is 2.98. The molecular formula is C14H19N3S. The third-order valence-electron chi connectivity index (χ3n) is 3.76. The molecule has 2 aromatic rings. The zero-order valence-electron chi connectivity index (χ0n) is 10.6. The van der Waals surface area contributed by atoms with Gasteiger partial charge in [-0.1, -0.05) is 0 Å². The lowest BCUT2D eigenvalue weighted by atomic mass is 9.86. The van der Waals surface area contributed by atoms with Crippen molar-refractivity contribution < 1.29 is 0 Å². The number of rotatable bonds is 2. The normalized spacial score (nSPS) is 24.3. The molecule has 96 valence electrons. The van der Waals surface area contributed by atoms with Crippen LogP contribution in [0, 0.1) is 6.92 Å². The van der Waals surface area contributed by atoms with Crippen molar-refractivity contribution in [3.63, 3.8) is 0 Å². The maximum Gasteiger partial charge on any atom is 0.109 e. The maximum atomic E-state index is 5.95. The summed E-state index contributed by atoms with van der Waals surface area (Å²) in [6.07, 6.45) is 6.54. The topological polar surface area (TPSA) is 54.7 Å². The molecule has 0 aromatic carbocycles. The number of imidazole rings is 1. The van der Waals surface area contributed by atoms with E-state index in [0.29, 0.717) is 12.0 Å². The van der Waals surface area contributed by atoms with Crippen LogP contribution in [0.2, 0.25) is 0 Å². The van der Waals surface area contributed by atoms with Crippen molar-refractivity contribution in [2.24, 2.45) is 5.73 Å². The first-order valence-corrected chi connectivity index (χ1v) is 7.41. The molecule has 0 atom stereocenters. The Morgan fingerprint density at radius 3 is 2.72 bits per heavy atom. The van der Waals surface area contributed by atoms with E-state index in [1.165, 1.54) is 9.75 Å². The summed E-state index contributed by atoms with van der Waals surface area (Å²) in [5.41, 5.74) is 7.10. The van der Waals surface area contributed by atoms with Crippen LogP contribution >= 0.6 is 11.3 Å². The zero-order chi connectivity index (χ0) is 12.5. The molecule has 0 amide bonds. The van der Waals surface area contributed by atoms with E-state index in [4.69, 9.17) is 5.73 Å². The highest BCUT2D eigenvalue weighted by Gasteiger charge is 2.22. The predicted octanol–water partition coefficient (Wildman–Crippen LogP) is 3.43. The van der Waals surface area contributed by atoms with Crippen molar-refractivity contribution in [1.29, 1.82) is 0 Å². The van der Waals surface area contributed by atoms with Crippen LogP contribution in [-0.4, -0.2) is 16.0 Å². The molecule has 1 aliphatic carbocycles. The molecule has 3 rings (SSSR count). The molecule has 0 bridgehead atoms. The van der Waals surface area contributed by atoms with Crippen LogP contribution in [0.15, 0.2) is 18.3 Å². The number of aromatic amines is 1. The Morgan fingerprint density at radius 1 is 1.28 bits per heavy atom. The smallest absolute Gasteiger partial charge is 0.109 e. The van der Waals surface area contributed by atoms with Gasteiger partial charge >= 0.3 is 0 Å². The molecule has 3 N–H and O–H groups in total. The van der Waals surface area contributed by atoms with E-state index in [1.54, 1.807) is 0 Å². The largest absolute Gasteiger partial charge is 0.341 e. The number of aryl methyl sites for hydroxylation is 1. The van der Waals surface area contributed by atoms with Gasteiger partial charge in [0, 0.05) is 16.8 Å². The molecule has 1 fully saturated rings. The van der Waals surface area contributed by atoms with Gasteiger partial charge in [-0.2, -0.15) is 0 Å². The molecule has 18 heavy (non-hydrogen) atoms. The van der Waals surface area contributed by atoms with Crippen LogP contribution < -0.4 is 5.73 Å². The first-order chi connectivity index (χ1) is 8.72. The van der Waals surface area contributed by atoms with Gasteiger partial charge in [-0.3, -0.25) is 0 Å². The van der Waals surface area contributed by atoms with Crippen molar-refractivity contribution in [2.45, 2.75) is 44.6 Å². The lowest BCUT2D eigenvalue weighted by molar-refractivity contribution is 0.386. The minimum Gasteiger partial charge on any atom is -0.341 e. The van der Waals surface area contributed by atoms with Gasteiger partial charge in [-0.25, -0.2) is 4.98 Å². The van der Waals surface area contributed by atoms with Crippen LogP contribution in [0.3, 0.4) is 0 Å². The van der Waals surface area contributed by atoms with E-state index < -0.39 is 0 Å². The Balaban J connectivity index is 1.77. The van der Waals surface area contributed by atoms with Gasteiger partial charge in [0.1, 0.15) is 5.82 Å². The SMILES string of the molecule is Cc1ccc(-c2cnc(C3CCC(N)CC3)[nH]2)s1. The number of H-pyrrole nitrogens is 1. The van der Waals surface area contributed by atoms with Gasteiger partial charge in [0.2, 0.25) is 0 Å². The zero-order valence-corrected chi connectivity index (χ0v) is 11.5. The molecule has 0 aliphatic heterocycles. The summed E-state index contributed by atoms with van der Waals surface area (Å²) in [6.45, 7) is 2.13. The summed E-state index contributed by atoms with van der Waals surface area (Å²) in [7, 11) is 0. The molecule has 2 heterocycles. The first-order valence-electron chi connectivity index (χ1n) is 6.59. The van der Waals surface area contributed by atoms with Crippen LogP contribution in [-0.2, 0) is 0 Å². The minimum absolute atomic E-state index is 0.399. The maximum absolute atomic E-state index is 5.95. The van der Waals surface area contributed by atoms with E-state index in [9.17, 15) is 0 Å². The van der Waals surface area contributed by atoms with Gasteiger partial charge < -0.3 is 10.7 Å². The molecule has 3 nitrogen and oxygen atoms in total. The fourth-order valence-electron chi connectivity index (χ4n) is 2.64. The highest BCUT2D eigenvalue weighted by Crippen LogP contribution is 2.33. The summed E-state index contributed by atoms with van der Waals surface area (Å²) in [4.78, 5) is 10.7. The van der Waals surface area contributed by atoms with Gasteiger partial charge in [0.05, 0.1) is 16.8 Å². The summed E-state index contributed by atoms with van der Waals surface area (Å²) in [6, 6.07) is 4.71. The molecule has 1 aliphatic rings. The van der Waals surface area contributed by atoms with E-state index in [2.05, 4.69) is 29.0 Å². The molecule has 2 aromatic heterocycles. The molecule has 0 saturated heterocycles. The van der Waals surface area contributed by atoms with Gasteiger partial charge in [0.25, 0.3) is 0 Å². The van der Waals surface area contributed by atoms with Crippen molar-refractivity contribution in [3.8, 4) is 10.6 Å². The predicted molar refractivity (Wildman–Crippen MR) is 75.8 cm³/mol. The van der Waals surface area contributed by atoms with Crippen LogP contribution in [0.4, 0.5) is 0 Å². The summed E-state index contributed by atoms with van der Waals surface area (Å²) in [5, 5.41) is 0. The monoisotopic (exact) mass is 261 g/mol. The highest BCUT2D eigenvalue weighted by molar-refractivity contribution is 7.15. The second-order valence-corrected chi connectivity index (χ2v) is 6.49. The van der Waals surface area contributed by atoms with Crippen LogP contribution in [0.5, 0.6) is 0 Å². The van der Waals surface area contributed by atoms with E-state index in [1.807, 2.05) is 17.5 Å². The summed E-state index contributed by atoms with van der Waals surface area (Å²) < 4.78 is 0. The quantitative estimate of drug-likeness (QED) is 0.870. The molecule has 1 saturated carbocycles. The van der Waals surface area contributed by atoms with Crippen LogP contribution in [0.25, 0.3) is 10.6 Å². The number of aromatic nitrogens is 2. The fourth-order valence-corrected chi connectivity index (χ4v) is 3.47. The minimum atomic E-state index is 0.399. The Kier molecular flexibility index (Phi) is 3.22. The standard InChI is InChI=1S/C14H19N3S/c1-9-2-7-13(18-9)12-8-16-14(17-12)10-3-5-11(15)6-4-10/h2,7-8,10-11H,3-6,15H2,1H3,(H,16,17). The number of hydrogen-bond acceptors (Lipinski definition) is 3. The second-order valence-electron chi connectivity index (χ2n) is 5.20. The van der Waals surface area contributed by atoms with Crippen molar-refractivity contribution in [1.82, 2.24) is 9.97 Å². The fraction of sp³-hybridized carbons (Fsp3) is 0.500. The number of nitrogens with two attached hydrogens (primary N) is 1. The first kappa shape index (κ1) is 11.9. The summed E-state index contributed by atoms with van der Waals surface area (Å²) in [5.74, 6) is 1.71. The Labute approximate surface area is 111 Å². The van der Waals surface area contributed by atoms with Gasteiger partial charge in [-0.15, -0.1) is 11.3 Å². The second kappa shape index (κ2) is 4.86. The van der Waals surface area contributed by atoms with Gasteiger partial charge in [-0.05, 0) is 44.7 Å². The Morgan fingerprint density at radius 2 is 2.06 bits per heavy atom. The molecule has 4 heteroatoms.